The van der Waals surface area contributed by atoms with Crippen LogP contribution in [0.3, 0.4) is 0 Å². The zero-order valence-corrected chi connectivity index (χ0v) is 13.1. The molecule has 0 aliphatic carbocycles. The molecule has 0 fully saturated rings. The molecule has 1 aromatic carbocycles. The second-order valence-electron chi connectivity index (χ2n) is 5.75. The van der Waals surface area contributed by atoms with E-state index < -0.39 is 0 Å². The maximum absolute atomic E-state index is 12.3. The topological polar surface area (TPSA) is 50.4 Å². The van der Waals surface area contributed by atoms with Gasteiger partial charge in [-0.25, -0.2) is 0 Å². The van der Waals surface area contributed by atoms with Crippen LogP contribution in [0.2, 0.25) is 0 Å². The van der Waals surface area contributed by atoms with Gasteiger partial charge in [0.05, 0.1) is 18.1 Å². The first kappa shape index (κ1) is 13.9. The molecule has 2 aromatic rings. The van der Waals surface area contributed by atoms with Crippen LogP contribution in [0.5, 0.6) is 0 Å². The molecular formula is C17H18N2O2S. The van der Waals surface area contributed by atoms with Gasteiger partial charge in [0.2, 0.25) is 0 Å². The van der Waals surface area contributed by atoms with Crippen molar-refractivity contribution >= 4 is 17.2 Å². The number of nitrogens with one attached hydrogen (secondary N) is 2. The van der Waals surface area contributed by atoms with Gasteiger partial charge in [-0.2, -0.15) is 0 Å². The highest BCUT2D eigenvalue weighted by Crippen LogP contribution is 2.27. The zero-order valence-electron chi connectivity index (χ0n) is 12.3. The van der Waals surface area contributed by atoms with Crippen LogP contribution in [-0.2, 0) is 37.4 Å². The van der Waals surface area contributed by atoms with Crippen LogP contribution >= 0.6 is 11.3 Å². The second kappa shape index (κ2) is 5.83. The Kier molecular flexibility index (Phi) is 3.70. The summed E-state index contributed by atoms with van der Waals surface area (Å²) < 4.78 is 5.43. The van der Waals surface area contributed by atoms with Crippen LogP contribution in [0.4, 0.5) is 0 Å². The van der Waals surface area contributed by atoms with E-state index in [1.807, 2.05) is 6.07 Å². The molecule has 1 aromatic heterocycles. The van der Waals surface area contributed by atoms with Crippen LogP contribution in [0, 0.1) is 0 Å². The summed E-state index contributed by atoms with van der Waals surface area (Å²) in [4.78, 5) is 14.4. The highest BCUT2D eigenvalue weighted by atomic mass is 32.1. The van der Waals surface area contributed by atoms with Gasteiger partial charge in [0.1, 0.15) is 0 Å². The maximum atomic E-state index is 12.3. The van der Waals surface area contributed by atoms with Gasteiger partial charge in [-0.05, 0) is 28.3 Å². The number of fused-ring (bicyclic) bond motifs is 2. The lowest BCUT2D eigenvalue weighted by Gasteiger charge is -2.10. The molecule has 0 atom stereocenters. The number of hydrogen-bond donors (Lipinski definition) is 2. The molecular weight excluding hydrogens is 296 g/mol. The number of rotatable bonds is 3. The van der Waals surface area contributed by atoms with Crippen LogP contribution < -0.4 is 10.6 Å². The van der Waals surface area contributed by atoms with Gasteiger partial charge in [0, 0.05) is 30.9 Å². The fourth-order valence-electron chi connectivity index (χ4n) is 2.99. The molecule has 0 radical (unpaired) electrons. The summed E-state index contributed by atoms with van der Waals surface area (Å²) in [5.41, 5.74) is 5.03. The molecule has 4 nitrogen and oxygen atoms in total. The van der Waals surface area contributed by atoms with E-state index in [1.54, 1.807) is 11.3 Å². The van der Waals surface area contributed by atoms with Crippen molar-refractivity contribution in [1.29, 1.82) is 0 Å². The third-order valence-electron chi connectivity index (χ3n) is 4.21. The minimum atomic E-state index is 0.0121. The van der Waals surface area contributed by atoms with Crippen molar-refractivity contribution in [3.63, 3.8) is 0 Å². The van der Waals surface area contributed by atoms with Gasteiger partial charge < -0.3 is 15.4 Å². The molecule has 4 rings (SSSR count). The third kappa shape index (κ3) is 2.67. The number of hydrogen-bond acceptors (Lipinski definition) is 4. The van der Waals surface area contributed by atoms with E-state index in [0.29, 0.717) is 13.2 Å². The first-order valence-corrected chi connectivity index (χ1v) is 8.40. The number of carbonyl (C=O) groups excluding carboxylic acids is 1. The highest BCUT2D eigenvalue weighted by Gasteiger charge is 2.17. The lowest BCUT2D eigenvalue weighted by atomic mass is 10.1. The number of benzene rings is 1. The Balaban J connectivity index is 1.43. The zero-order chi connectivity index (χ0) is 14.9. The summed E-state index contributed by atoms with van der Waals surface area (Å²) in [6.07, 6.45) is 0.922. The largest absolute Gasteiger partial charge is 0.376 e. The minimum Gasteiger partial charge on any atom is -0.376 e. The lowest BCUT2D eigenvalue weighted by molar-refractivity contribution is 0.0954. The monoisotopic (exact) mass is 314 g/mol. The Morgan fingerprint density at radius 3 is 3.05 bits per heavy atom. The van der Waals surface area contributed by atoms with E-state index in [-0.39, 0.29) is 5.91 Å². The molecule has 114 valence electrons. The van der Waals surface area contributed by atoms with Gasteiger partial charge >= 0.3 is 0 Å². The number of thiophene rings is 1. The molecule has 2 N–H and O–H groups in total. The molecule has 2 aliphatic rings. The summed E-state index contributed by atoms with van der Waals surface area (Å²) in [6.45, 7) is 3.85. The summed E-state index contributed by atoms with van der Waals surface area (Å²) >= 11 is 1.60. The SMILES string of the molecule is O=C(NCc1ccc2c(c1)CNC2)c1cc2c(s1)CCOC2. The van der Waals surface area contributed by atoms with Crippen molar-refractivity contribution in [2.75, 3.05) is 6.61 Å². The quantitative estimate of drug-likeness (QED) is 0.914. The smallest absolute Gasteiger partial charge is 0.261 e. The van der Waals surface area contributed by atoms with Gasteiger partial charge in [-0.1, -0.05) is 18.2 Å². The maximum Gasteiger partial charge on any atom is 0.261 e. The van der Waals surface area contributed by atoms with Crippen molar-refractivity contribution in [3.05, 3.63) is 56.3 Å². The normalized spacial score (nSPS) is 16.2. The molecule has 0 unspecified atom stereocenters. The Labute approximate surface area is 133 Å². The van der Waals surface area contributed by atoms with Crippen LogP contribution in [0.15, 0.2) is 24.3 Å². The standard InChI is InChI=1S/C17H18N2O2S/c20-17(16-6-14-10-21-4-3-15(14)22-16)19-7-11-1-2-12-8-18-9-13(12)5-11/h1-2,5-6,18H,3-4,7-10H2,(H,19,20). The fraction of sp³-hybridized carbons (Fsp3) is 0.353. The second-order valence-corrected chi connectivity index (χ2v) is 6.89. The summed E-state index contributed by atoms with van der Waals surface area (Å²) in [6, 6.07) is 8.40. The number of carbonyl (C=O) groups is 1. The van der Waals surface area contributed by atoms with E-state index >= 15 is 0 Å². The average molecular weight is 314 g/mol. The molecule has 0 saturated heterocycles. The molecule has 5 heteroatoms. The minimum absolute atomic E-state index is 0.0121. The molecule has 0 bridgehead atoms. The Morgan fingerprint density at radius 2 is 2.14 bits per heavy atom. The van der Waals surface area contributed by atoms with Crippen molar-refractivity contribution in [2.45, 2.75) is 32.7 Å². The molecule has 3 heterocycles. The van der Waals surface area contributed by atoms with Gasteiger partial charge in [0.25, 0.3) is 5.91 Å². The van der Waals surface area contributed by atoms with E-state index in [0.717, 1.165) is 36.6 Å². The van der Waals surface area contributed by atoms with Crippen molar-refractivity contribution in [1.82, 2.24) is 10.6 Å². The first-order chi connectivity index (χ1) is 10.8. The lowest BCUT2D eigenvalue weighted by Crippen LogP contribution is -2.21. The van der Waals surface area contributed by atoms with E-state index in [2.05, 4.69) is 28.8 Å². The van der Waals surface area contributed by atoms with E-state index in [1.165, 1.54) is 21.6 Å². The third-order valence-corrected chi connectivity index (χ3v) is 5.44. The van der Waals surface area contributed by atoms with Gasteiger partial charge in [0.15, 0.2) is 0 Å². The van der Waals surface area contributed by atoms with Crippen molar-refractivity contribution in [3.8, 4) is 0 Å². The summed E-state index contributed by atoms with van der Waals surface area (Å²) in [5, 5.41) is 6.36. The highest BCUT2D eigenvalue weighted by molar-refractivity contribution is 7.14. The molecule has 2 aliphatic heterocycles. The van der Waals surface area contributed by atoms with E-state index in [9.17, 15) is 4.79 Å². The van der Waals surface area contributed by atoms with Crippen molar-refractivity contribution < 1.29 is 9.53 Å². The van der Waals surface area contributed by atoms with Crippen LogP contribution in [-0.4, -0.2) is 12.5 Å². The summed E-state index contributed by atoms with van der Waals surface area (Å²) in [7, 11) is 0. The first-order valence-electron chi connectivity index (χ1n) is 7.58. The molecule has 22 heavy (non-hydrogen) atoms. The van der Waals surface area contributed by atoms with Crippen LogP contribution in [0.25, 0.3) is 0 Å². The molecule has 0 spiro atoms. The Bertz CT molecular complexity index is 700. The number of amides is 1. The van der Waals surface area contributed by atoms with Gasteiger partial charge in [-0.15, -0.1) is 11.3 Å². The summed E-state index contributed by atoms with van der Waals surface area (Å²) in [5.74, 6) is 0.0121. The molecule has 1 amide bonds. The molecule has 0 saturated carbocycles. The van der Waals surface area contributed by atoms with Gasteiger partial charge in [-0.3, -0.25) is 4.79 Å². The van der Waals surface area contributed by atoms with Crippen LogP contribution in [0.1, 0.15) is 36.8 Å². The fourth-order valence-corrected chi connectivity index (χ4v) is 4.05. The number of ether oxygens (including phenoxy) is 1. The Hall–Kier alpha value is -1.69. The Morgan fingerprint density at radius 1 is 1.23 bits per heavy atom. The van der Waals surface area contributed by atoms with Crippen molar-refractivity contribution in [2.24, 2.45) is 0 Å². The predicted molar refractivity (Wildman–Crippen MR) is 85.8 cm³/mol. The predicted octanol–water partition coefficient (Wildman–Crippen LogP) is 2.35. The average Bonchev–Trinajstić information content (AvgIpc) is 3.18. The van der Waals surface area contributed by atoms with E-state index in [4.69, 9.17) is 4.74 Å².